The van der Waals surface area contributed by atoms with E-state index in [1.54, 1.807) is 11.3 Å². The molecule has 1 aromatic carbocycles. The molecule has 2 aromatic heterocycles. The standard InChI is InChI=1S/C13H13N3S/c1-16-8-15-13(11(16)6-14)10-7-17-12-5-3-2-4-9(10)12/h2-5,7-8H,6,14H2,1H3. The van der Waals surface area contributed by atoms with Crippen LogP contribution >= 0.6 is 11.3 Å². The van der Waals surface area contributed by atoms with E-state index < -0.39 is 0 Å². The lowest BCUT2D eigenvalue weighted by atomic mass is 10.1. The summed E-state index contributed by atoms with van der Waals surface area (Å²) >= 11 is 1.75. The number of fused-ring (bicyclic) bond motifs is 1. The van der Waals surface area contributed by atoms with Crippen LogP contribution < -0.4 is 5.73 Å². The monoisotopic (exact) mass is 243 g/mol. The van der Waals surface area contributed by atoms with Gasteiger partial charge in [-0.3, -0.25) is 0 Å². The van der Waals surface area contributed by atoms with E-state index in [0.29, 0.717) is 6.54 Å². The molecule has 0 saturated carbocycles. The molecule has 0 radical (unpaired) electrons. The van der Waals surface area contributed by atoms with Gasteiger partial charge in [0.25, 0.3) is 0 Å². The van der Waals surface area contributed by atoms with Gasteiger partial charge in [0.05, 0.1) is 17.7 Å². The highest BCUT2D eigenvalue weighted by Gasteiger charge is 2.13. The minimum atomic E-state index is 0.510. The lowest BCUT2D eigenvalue weighted by Gasteiger charge is -2.02. The first-order chi connectivity index (χ1) is 8.31. The highest BCUT2D eigenvalue weighted by molar-refractivity contribution is 7.17. The normalized spacial score (nSPS) is 11.2. The fourth-order valence-electron chi connectivity index (χ4n) is 2.08. The largest absolute Gasteiger partial charge is 0.336 e. The zero-order valence-corrected chi connectivity index (χ0v) is 10.4. The van der Waals surface area contributed by atoms with Gasteiger partial charge in [0.1, 0.15) is 0 Å². The van der Waals surface area contributed by atoms with Crippen molar-refractivity contribution in [1.29, 1.82) is 0 Å². The Hall–Kier alpha value is -1.65. The van der Waals surface area contributed by atoms with Crippen molar-refractivity contribution in [3.05, 3.63) is 41.7 Å². The highest BCUT2D eigenvalue weighted by Crippen LogP contribution is 2.34. The van der Waals surface area contributed by atoms with E-state index in [4.69, 9.17) is 5.73 Å². The molecule has 3 aromatic rings. The van der Waals surface area contributed by atoms with Gasteiger partial charge in [0.2, 0.25) is 0 Å². The Morgan fingerprint density at radius 2 is 2.18 bits per heavy atom. The van der Waals surface area contributed by atoms with Crippen LogP contribution in [0.5, 0.6) is 0 Å². The molecule has 3 rings (SSSR count). The van der Waals surface area contributed by atoms with Crippen LogP contribution in [-0.2, 0) is 13.6 Å². The number of thiophene rings is 1. The maximum Gasteiger partial charge on any atom is 0.0953 e. The number of imidazole rings is 1. The summed E-state index contributed by atoms with van der Waals surface area (Å²) in [7, 11) is 1.98. The summed E-state index contributed by atoms with van der Waals surface area (Å²) in [5.41, 5.74) is 9.06. The molecule has 0 fully saturated rings. The predicted octanol–water partition coefficient (Wildman–Crippen LogP) is 2.76. The van der Waals surface area contributed by atoms with Gasteiger partial charge in [-0.2, -0.15) is 0 Å². The van der Waals surface area contributed by atoms with Crippen LogP contribution in [0, 0.1) is 0 Å². The topological polar surface area (TPSA) is 43.8 Å². The average molecular weight is 243 g/mol. The first-order valence-corrected chi connectivity index (χ1v) is 6.36. The van der Waals surface area contributed by atoms with Crippen molar-refractivity contribution in [2.24, 2.45) is 12.8 Å². The first kappa shape index (κ1) is 10.5. The quantitative estimate of drug-likeness (QED) is 0.752. The Morgan fingerprint density at radius 3 is 3.00 bits per heavy atom. The number of aryl methyl sites for hydroxylation is 1. The van der Waals surface area contributed by atoms with Gasteiger partial charge in [0.15, 0.2) is 0 Å². The number of aromatic nitrogens is 2. The minimum Gasteiger partial charge on any atom is -0.336 e. The van der Waals surface area contributed by atoms with Crippen LogP contribution in [0.1, 0.15) is 5.69 Å². The van der Waals surface area contributed by atoms with Gasteiger partial charge < -0.3 is 10.3 Å². The second-order valence-corrected chi connectivity index (χ2v) is 4.91. The van der Waals surface area contributed by atoms with Crippen LogP contribution in [0.15, 0.2) is 36.0 Å². The second kappa shape index (κ2) is 3.98. The molecule has 86 valence electrons. The van der Waals surface area contributed by atoms with Crippen molar-refractivity contribution in [2.75, 3.05) is 0 Å². The number of benzene rings is 1. The molecule has 0 spiro atoms. The maximum atomic E-state index is 5.79. The van der Waals surface area contributed by atoms with Crippen molar-refractivity contribution in [1.82, 2.24) is 9.55 Å². The third-order valence-corrected chi connectivity index (χ3v) is 3.95. The van der Waals surface area contributed by atoms with Gasteiger partial charge >= 0.3 is 0 Å². The summed E-state index contributed by atoms with van der Waals surface area (Å²) in [4.78, 5) is 4.47. The van der Waals surface area contributed by atoms with E-state index in [0.717, 1.165) is 11.4 Å². The van der Waals surface area contributed by atoms with E-state index >= 15 is 0 Å². The van der Waals surface area contributed by atoms with Gasteiger partial charge in [0, 0.05) is 34.6 Å². The molecule has 4 heteroatoms. The van der Waals surface area contributed by atoms with Gasteiger partial charge in [-0.1, -0.05) is 18.2 Å². The molecule has 0 saturated heterocycles. The van der Waals surface area contributed by atoms with Crippen LogP contribution in [0.3, 0.4) is 0 Å². The van der Waals surface area contributed by atoms with Crippen molar-refractivity contribution in [2.45, 2.75) is 6.54 Å². The van der Waals surface area contributed by atoms with E-state index in [1.807, 2.05) is 17.9 Å². The van der Waals surface area contributed by atoms with Crippen molar-refractivity contribution >= 4 is 21.4 Å². The molecule has 2 heterocycles. The van der Waals surface area contributed by atoms with Crippen molar-refractivity contribution in [3.8, 4) is 11.3 Å². The predicted molar refractivity (Wildman–Crippen MR) is 71.9 cm³/mol. The smallest absolute Gasteiger partial charge is 0.0953 e. The SMILES string of the molecule is Cn1cnc(-c2csc3ccccc23)c1CN. The van der Waals surface area contributed by atoms with E-state index in [1.165, 1.54) is 15.6 Å². The molecule has 0 aliphatic rings. The van der Waals surface area contributed by atoms with Gasteiger partial charge in [-0.25, -0.2) is 4.98 Å². The zero-order valence-electron chi connectivity index (χ0n) is 9.55. The highest BCUT2D eigenvalue weighted by atomic mass is 32.1. The summed E-state index contributed by atoms with van der Waals surface area (Å²) in [6, 6.07) is 8.39. The summed E-state index contributed by atoms with van der Waals surface area (Å²) in [5, 5.41) is 3.41. The Balaban J connectivity index is 2.27. The lowest BCUT2D eigenvalue weighted by molar-refractivity contribution is 0.822. The van der Waals surface area contributed by atoms with Crippen LogP contribution in [0.4, 0.5) is 0 Å². The molecule has 3 nitrogen and oxygen atoms in total. The molecule has 0 aliphatic heterocycles. The molecule has 0 amide bonds. The third kappa shape index (κ3) is 1.57. The first-order valence-electron chi connectivity index (χ1n) is 5.48. The fraction of sp³-hybridized carbons (Fsp3) is 0.154. The minimum absolute atomic E-state index is 0.510. The van der Waals surface area contributed by atoms with E-state index in [9.17, 15) is 0 Å². The van der Waals surface area contributed by atoms with E-state index in [2.05, 4.69) is 34.6 Å². The molecule has 2 N–H and O–H groups in total. The number of hydrogen-bond donors (Lipinski definition) is 1. The van der Waals surface area contributed by atoms with Crippen LogP contribution in [0.25, 0.3) is 21.3 Å². The summed E-state index contributed by atoms with van der Waals surface area (Å²) in [5.74, 6) is 0. The Bertz CT molecular complexity index is 666. The molecule has 0 atom stereocenters. The lowest BCUT2D eigenvalue weighted by Crippen LogP contribution is -2.03. The Kier molecular flexibility index (Phi) is 2.46. The Labute approximate surface area is 104 Å². The summed E-state index contributed by atoms with van der Waals surface area (Å²) in [6.45, 7) is 0.510. The maximum absolute atomic E-state index is 5.79. The van der Waals surface area contributed by atoms with Gasteiger partial charge in [-0.15, -0.1) is 11.3 Å². The zero-order chi connectivity index (χ0) is 11.8. The molecule has 0 unspecified atom stereocenters. The fourth-order valence-corrected chi connectivity index (χ4v) is 3.03. The molecule has 0 bridgehead atoms. The summed E-state index contributed by atoms with van der Waals surface area (Å²) in [6.07, 6.45) is 1.82. The number of rotatable bonds is 2. The van der Waals surface area contributed by atoms with Crippen molar-refractivity contribution < 1.29 is 0 Å². The Morgan fingerprint density at radius 1 is 1.35 bits per heavy atom. The number of nitrogens with zero attached hydrogens (tertiary/aromatic N) is 2. The van der Waals surface area contributed by atoms with Crippen LogP contribution in [0.2, 0.25) is 0 Å². The molecular formula is C13H13N3S. The van der Waals surface area contributed by atoms with Crippen molar-refractivity contribution in [3.63, 3.8) is 0 Å². The molecular weight excluding hydrogens is 230 g/mol. The van der Waals surface area contributed by atoms with Crippen LogP contribution in [-0.4, -0.2) is 9.55 Å². The van der Waals surface area contributed by atoms with E-state index in [-0.39, 0.29) is 0 Å². The van der Waals surface area contributed by atoms with Gasteiger partial charge in [-0.05, 0) is 6.07 Å². The molecule has 17 heavy (non-hydrogen) atoms. The number of nitrogens with two attached hydrogens (primary N) is 1. The second-order valence-electron chi connectivity index (χ2n) is 4.00. The summed E-state index contributed by atoms with van der Waals surface area (Å²) < 4.78 is 3.28. The average Bonchev–Trinajstić information content (AvgIpc) is 2.92. The number of hydrogen-bond acceptors (Lipinski definition) is 3. The molecule has 0 aliphatic carbocycles. The third-order valence-electron chi connectivity index (χ3n) is 2.99.